The van der Waals surface area contributed by atoms with Gasteiger partial charge in [0, 0.05) is 31.4 Å². The molecule has 0 radical (unpaired) electrons. The van der Waals surface area contributed by atoms with E-state index in [0.717, 1.165) is 12.1 Å². The first kappa shape index (κ1) is 28.2. The van der Waals surface area contributed by atoms with Gasteiger partial charge in [-0.15, -0.1) is 13.2 Å². The third-order valence-electron chi connectivity index (χ3n) is 5.63. The van der Waals surface area contributed by atoms with Gasteiger partial charge in [-0.05, 0) is 55.7 Å². The number of sulfone groups is 1. The number of carbonyl (C=O) groups is 2. The highest BCUT2D eigenvalue weighted by atomic mass is 32.2. The van der Waals surface area contributed by atoms with Crippen molar-refractivity contribution in [2.45, 2.75) is 41.7 Å². The monoisotopic (exact) mass is 546 g/mol. The molecule has 0 atom stereocenters. The Balaban J connectivity index is 1.52. The summed E-state index contributed by atoms with van der Waals surface area (Å²) in [6, 6.07) is 10.3. The molecule has 2 aromatic carbocycles. The number of hydroxylamine groups is 1. The van der Waals surface area contributed by atoms with Gasteiger partial charge in [-0.3, -0.25) is 14.8 Å². The lowest BCUT2D eigenvalue weighted by Gasteiger charge is -2.34. The second kappa shape index (κ2) is 11.8. The second-order valence-corrected chi connectivity index (χ2v) is 10.4. The van der Waals surface area contributed by atoms with Crippen LogP contribution in [-0.2, 0) is 24.2 Å². The van der Waals surface area contributed by atoms with Crippen LogP contribution in [0.1, 0.15) is 25.7 Å². The van der Waals surface area contributed by atoms with Crippen molar-refractivity contribution in [1.29, 1.82) is 0 Å². The van der Waals surface area contributed by atoms with Gasteiger partial charge >= 0.3 is 6.36 Å². The van der Waals surface area contributed by atoms with E-state index in [9.17, 15) is 31.2 Å². The van der Waals surface area contributed by atoms with Crippen LogP contribution in [0.5, 0.6) is 11.5 Å². The fourth-order valence-corrected chi connectivity index (χ4v) is 5.72. The van der Waals surface area contributed by atoms with Crippen molar-refractivity contribution in [2.75, 3.05) is 25.1 Å². The van der Waals surface area contributed by atoms with E-state index >= 15 is 0 Å². The minimum absolute atomic E-state index is 0.0116. The first-order valence-corrected chi connectivity index (χ1v) is 12.6. The van der Waals surface area contributed by atoms with Crippen LogP contribution in [0, 0.1) is 0 Å². The van der Waals surface area contributed by atoms with Crippen molar-refractivity contribution in [3.63, 3.8) is 0 Å². The van der Waals surface area contributed by atoms with E-state index in [0.29, 0.717) is 5.75 Å². The number of anilines is 1. The number of amides is 2. The molecule has 3 N–H and O–H groups in total. The molecule has 1 aliphatic heterocycles. The number of hydrogen-bond acceptors (Lipinski definition) is 8. The average Bonchev–Trinajstić information content (AvgIpc) is 2.86. The number of rotatable bonds is 10. The predicted octanol–water partition coefficient (Wildman–Crippen LogP) is 3.21. The Labute approximate surface area is 210 Å². The molecule has 1 fully saturated rings. The molecule has 1 aliphatic rings. The second-order valence-electron chi connectivity index (χ2n) is 8.10. The van der Waals surface area contributed by atoms with E-state index in [4.69, 9.17) is 14.7 Å². The molecule has 0 spiro atoms. The third kappa shape index (κ3) is 7.11. The maximum Gasteiger partial charge on any atom is 0.573 e. The van der Waals surface area contributed by atoms with Crippen LogP contribution < -0.4 is 20.3 Å². The van der Waals surface area contributed by atoms with Gasteiger partial charge in [-0.2, -0.15) is 0 Å². The summed E-state index contributed by atoms with van der Waals surface area (Å²) in [5, 5.41) is 11.6. The minimum atomic E-state index is -4.84. The van der Waals surface area contributed by atoms with E-state index in [-0.39, 0.29) is 56.1 Å². The third-order valence-corrected chi connectivity index (χ3v) is 8.15. The van der Waals surface area contributed by atoms with E-state index < -0.39 is 38.5 Å². The summed E-state index contributed by atoms with van der Waals surface area (Å²) in [5.74, 6) is -1.60. The molecule has 2 aromatic rings. The molecule has 0 unspecified atom stereocenters. The van der Waals surface area contributed by atoms with Gasteiger partial charge in [0.15, 0.2) is 14.6 Å². The van der Waals surface area contributed by atoms with Crippen LogP contribution >= 0.6 is 0 Å². The Morgan fingerprint density at radius 2 is 1.73 bits per heavy atom. The largest absolute Gasteiger partial charge is 0.573 e. The van der Waals surface area contributed by atoms with E-state index in [1.54, 1.807) is 0 Å². The van der Waals surface area contributed by atoms with Crippen LogP contribution in [0.4, 0.5) is 18.9 Å². The molecule has 1 saturated heterocycles. The smallest absolute Gasteiger partial charge is 0.494 e. The van der Waals surface area contributed by atoms with E-state index in [1.165, 1.54) is 41.9 Å². The molecule has 2 amide bonds. The van der Waals surface area contributed by atoms with Crippen LogP contribution in [-0.4, -0.2) is 56.4 Å². The SMILES string of the molecule is O=C(CCCOc1ccc(S(=O)(=O)C2(C(=O)NO)CCOCC2)cc1)Nc1cccc(OC(F)(F)F)c1. The van der Waals surface area contributed by atoms with Gasteiger partial charge in [0.1, 0.15) is 11.5 Å². The van der Waals surface area contributed by atoms with Gasteiger partial charge in [-0.25, -0.2) is 13.9 Å². The summed E-state index contributed by atoms with van der Waals surface area (Å²) in [6.07, 6.45) is -4.78. The van der Waals surface area contributed by atoms with Crippen LogP contribution in [0.3, 0.4) is 0 Å². The molecular formula is C23H25F3N2O8S. The highest BCUT2D eigenvalue weighted by Gasteiger charge is 2.52. The zero-order valence-electron chi connectivity index (χ0n) is 19.4. The Morgan fingerprint density at radius 1 is 1.05 bits per heavy atom. The number of ether oxygens (including phenoxy) is 3. The van der Waals surface area contributed by atoms with Crippen LogP contribution in [0.15, 0.2) is 53.4 Å². The van der Waals surface area contributed by atoms with E-state index in [2.05, 4.69) is 10.1 Å². The van der Waals surface area contributed by atoms with Crippen molar-refractivity contribution in [1.82, 2.24) is 5.48 Å². The fourth-order valence-electron chi connectivity index (χ4n) is 3.78. The summed E-state index contributed by atoms with van der Waals surface area (Å²) in [5.41, 5.74) is 1.59. The minimum Gasteiger partial charge on any atom is -0.494 e. The molecule has 37 heavy (non-hydrogen) atoms. The molecule has 0 aliphatic carbocycles. The van der Waals surface area contributed by atoms with Crippen molar-refractivity contribution in [2.24, 2.45) is 0 Å². The van der Waals surface area contributed by atoms with Gasteiger partial charge in [0.05, 0.1) is 11.5 Å². The summed E-state index contributed by atoms with van der Waals surface area (Å²) < 4.78 is 76.1. The molecule has 3 rings (SSSR count). The Kier molecular flexibility index (Phi) is 8.99. The number of carbonyl (C=O) groups excluding carboxylic acids is 2. The van der Waals surface area contributed by atoms with Crippen molar-refractivity contribution >= 4 is 27.3 Å². The van der Waals surface area contributed by atoms with Gasteiger partial charge in [0.25, 0.3) is 5.91 Å². The van der Waals surface area contributed by atoms with Gasteiger partial charge in [-0.1, -0.05) is 6.07 Å². The average molecular weight is 547 g/mol. The molecule has 14 heteroatoms. The standard InChI is InChI=1S/C23H25F3N2O8S/c24-23(25,26)36-18-4-1-3-16(15-18)27-20(29)5-2-12-35-17-6-8-19(9-7-17)37(32,33)22(21(30)28-31)10-13-34-14-11-22/h1,3-4,6-9,15,31H,2,5,10-14H2,(H,27,29)(H,28,30). The number of nitrogens with one attached hydrogen (secondary N) is 2. The highest BCUT2D eigenvalue weighted by molar-refractivity contribution is 7.93. The number of hydrogen-bond donors (Lipinski definition) is 3. The molecule has 10 nitrogen and oxygen atoms in total. The summed E-state index contributed by atoms with van der Waals surface area (Å²) in [6.45, 7) is 0.202. The Hall–Kier alpha value is -3.36. The fraction of sp³-hybridized carbons (Fsp3) is 0.391. The Morgan fingerprint density at radius 3 is 2.35 bits per heavy atom. The quantitative estimate of drug-likeness (QED) is 0.235. The first-order chi connectivity index (χ1) is 17.5. The molecule has 0 aromatic heterocycles. The number of benzene rings is 2. The highest BCUT2D eigenvalue weighted by Crippen LogP contribution is 2.35. The summed E-state index contributed by atoms with van der Waals surface area (Å²) in [7, 11) is -4.16. The van der Waals surface area contributed by atoms with Crippen LogP contribution in [0.25, 0.3) is 0 Å². The zero-order valence-corrected chi connectivity index (χ0v) is 20.2. The molecule has 1 heterocycles. The van der Waals surface area contributed by atoms with Crippen molar-refractivity contribution < 1.29 is 50.6 Å². The molecular weight excluding hydrogens is 521 g/mol. The molecule has 0 saturated carbocycles. The molecule has 202 valence electrons. The van der Waals surface area contributed by atoms with Crippen molar-refractivity contribution in [3.05, 3.63) is 48.5 Å². The normalized spacial score (nSPS) is 15.5. The zero-order chi connectivity index (χ0) is 27.1. The Bertz CT molecular complexity index is 1200. The predicted molar refractivity (Wildman–Crippen MR) is 123 cm³/mol. The number of alkyl halides is 3. The van der Waals surface area contributed by atoms with E-state index in [1.807, 2.05) is 0 Å². The van der Waals surface area contributed by atoms with Gasteiger partial charge in [0.2, 0.25) is 5.91 Å². The molecule has 0 bridgehead atoms. The summed E-state index contributed by atoms with van der Waals surface area (Å²) >= 11 is 0. The lowest BCUT2D eigenvalue weighted by Crippen LogP contribution is -2.54. The van der Waals surface area contributed by atoms with Gasteiger partial charge < -0.3 is 19.5 Å². The lowest BCUT2D eigenvalue weighted by atomic mass is 9.98. The van der Waals surface area contributed by atoms with Crippen LogP contribution in [0.2, 0.25) is 0 Å². The maximum atomic E-state index is 13.2. The lowest BCUT2D eigenvalue weighted by molar-refractivity contribution is -0.274. The van der Waals surface area contributed by atoms with Crippen molar-refractivity contribution in [3.8, 4) is 11.5 Å². The maximum absolute atomic E-state index is 13.2. The summed E-state index contributed by atoms with van der Waals surface area (Å²) in [4.78, 5) is 24.2. The number of halogens is 3. The first-order valence-electron chi connectivity index (χ1n) is 11.1. The topological polar surface area (TPSA) is 140 Å².